The molecule has 6 nitrogen and oxygen atoms in total. The van der Waals surface area contributed by atoms with Gasteiger partial charge in [0.2, 0.25) is 10.0 Å². The predicted octanol–water partition coefficient (Wildman–Crippen LogP) is 2.61. The van der Waals surface area contributed by atoms with E-state index in [1.54, 1.807) is 5.38 Å². The lowest BCUT2D eigenvalue weighted by atomic mass is 10.1. The molecule has 0 N–H and O–H groups in total. The van der Waals surface area contributed by atoms with E-state index in [1.807, 2.05) is 31.2 Å². The summed E-state index contributed by atoms with van der Waals surface area (Å²) in [5, 5.41) is 1.58. The number of benzene rings is 1. The Morgan fingerprint density at radius 3 is 2.68 bits per heavy atom. The quantitative estimate of drug-likeness (QED) is 0.761. The fourth-order valence-electron chi connectivity index (χ4n) is 2.71. The highest BCUT2D eigenvalue weighted by molar-refractivity contribution is 7.89. The van der Waals surface area contributed by atoms with E-state index in [-0.39, 0.29) is 29.0 Å². The minimum absolute atomic E-state index is 0.00564. The average molecular weight is 381 g/mol. The first kappa shape index (κ1) is 18.1. The lowest BCUT2D eigenvalue weighted by molar-refractivity contribution is -0.00257. The van der Waals surface area contributed by atoms with Crippen LogP contribution in [0.2, 0.25) is 0 Å². The normalized spacial score (nSPS) is 18.9. The molecule has 1 fully saturated rings. The second kappa shape index (κ2) is 7.25. The number of thiophene rings is 1. The molecule has 1 unspecified atom stereocenters. The number of aryl methyl sites for hydroxylation is 1. The number of hydrogen-bond acceptors (Lipinski definition) is 6. The molecule has 3 rings (SSSR count). The van der Waals surface area contributed by atoms with Gasteiger partial charge in [0.1, 0.15) is 9.77 Å². The van der Waals surface area contributed by atoms with Gasteiger partial charge in [0.05, 0.1) is 19.8 Å². The number of esters is 1. The first-order valence-corrected chi connectivity index (χ1v) is 10.1. The zero-order valence-electron chi connectivity index (χ0n) is 14.0. The number of morpholine rings is 1. The van der Waals surface area contributed by atoms with Crippen molar-refractivity contribution in [2.75, 3.05) is 26.8 Å². The van der Waals surface area contributed by atoms with E-state index in [4.69, 9.17) is 4.74 Å². The van der Waals surface area contributed by atoms with Gasteiger partial charge >= 0.3 is 5.97 Å². The maximum absolute atomic E-state index is 13.0. The maximum atomic E-state index is 13.0. The summed E-state index contributed by atoms with van der Waals surface area (Å²) < 4.78 is 37.8. The number of methoxy groups -OCH3 is 1. The van der Waals surface area contributed by atoms with E-state index in [2.05, 4.69) is 4.74 Å². The van der Waals surface area contributed by atoms with Crippen LogP contribution in [0, 0.1) is 6.92 Å². The Morgan fingerprint density at radius 1 is 1.28 bits per heavy atom. The number of hydrogen-bond donors (Lipinski definition) is 0. The molecule has 1 atom stereocenters. The van der Waals surface area contributed by atoms with Crippen LogP contribution >= 0.6 is 11.3 Å². The molecular formula is C17H19NO5S2. The van der Waals surface area contributed by atoms with Crippen molar-refractivity contribution in [1.82, 2.24) is 4.31 Å². The summed E-state index contributed by atoms with van der Waals surface area (Å²) in [5.41, 5.74) is 2.06. The topological polar surface area (TPSA) is 72.9 Å². The van der Waals surface area contributed by atoms with E-state index >= 15 is 0 Å². The summed E-state index contributed by atoms with van der Waals surface area (Å²) in [7, 11) is -2.55. The van der Waals surface area contributed by atoms with Crippen molar-refractivity contribution in [3.8, 4) is 0 Å². The van der Waals surface area contributed by atoms with Gasteiger partial charge in [-0.3, -0.25) is 0 Å². The van der Waals surface area contributed by atoms with Gasteiger partial charge in [-0.1, -0.05) is 29.8 Å². The number of carbonyl (C=O) groups is 1. The highest BCUT2D eigenvalue weighted by Crippen LogP contribution is 2.30. The standard InChI is InChI=1S/C17H19NO5S2/c1-12-3-5-13(6-4-12)14-11-18(8-9-23-14)25(20,21)15-7-10-24-16(15)17(19)22-2/h3-7,10,14H,8-9,11H2,1-2H3. The minimum atomic E-state index is -3.79. The molecule has 134 valence electrons. The summed E-state index contributed by atoms with van der Waals surface area (Å²) in [4.78, 5) is 11.9. The third-order valence-corrected chi connectivity index (χ3v) is 7.03. The molecule has 1 aliphatic heterocycles. The molecule has 0 bridgehead atoms. The van der Waals surface area contributed by atoms with Crippen molar-refractivity contribution in [3.63, 3.8) is 0 Å². The monoisotopic (exact) mass is 381 g/mol. The fourth-order valence-corrected chi connectivity index (χ4v) is 5.44. The zero-order chi connectivity index (χ0) is 18.0. The lowest BCUT2D eigenvalue weighted by Gasteiger charge is -2.32. The summed E-state index contributed by atoms with van der Waals surface area (Å²) in [6, 6.07) is 9.28. The number of ether oxygens (including phenoxy) is 2. The maximum Gasteiger partial charge on any atom is 0.349 e. The van der Waals surface area contributed by atoms with Gasteiger partial charge in [-0.05, 0) is 23.9 Å². The molecule has 1 saturated heterocycles. The SMILES string of the molecule is COC(=O)c1sccc1S(=O)(=O)N1CCOC(c2ccc(C)cc2)C1. The van der Waals surface area contributed by atoms with Gasteiger partial charge < -0.3 is 9.47 Å². The van der Waals surface area contributed by atoms with Crippen LogP contribution in [0.3, 0.4) is 0 Å². The van der Waals surface area contributed by atoms with Crippen molar-refractivity contribution in [2.45, 2.75) is 17.9 Å². The van der Waals surface area contributed by atoms with Gasteiger partial charge in [0.15, 0.2) is 0 Å². The molecule has 1 aromatic heterocycles. The molecule has 0 amide bonds. The third kappa shape index (κ3) is 3.62. The lowest BCUT2D eigenvalue weighted by Crippen LogP contribution is -2.42. The summed E-state index contributed by atoms with van der Waals surface area (Å²) >= 11 is 1.06. The predicted molar refractivity (Wildman–Crippen MR) is 94.3 cm³/mol. The van der Waals surface area contributed by atoms with E-state index in [0.717, 1.165) is 22.5 Å². The highest BCUT2D eigenvalue weighted by atomic mass is 32.2. The van der Waals surface area contributed by atoms with Gasteiger partial charge in [-0.25, -0.2) is 13.2 Å². The Hall–Kier alpha value is -1.74. The zero-order valence-corrected chi connectivity index (χ0v) is 15.6. The van der Waals surface area contributed by atoms with E-state index in [9.17, 15) is 13.2 Å². The molecule has 1 aliphatic rings. The van der Waals surface area contributed by atoms with Gasteiger partial charge in [-0.2, -0.15) is 4.31 Å². The number of carbonyl (C=O) groups excluding carboxylic acids is 1. The van der Waals surface area contributed by atoms with Crippen molar-refractivity contribution >= 4 is 27.3 Å². The highest BCUT2D eigenvalue weighted by Gasteiger charge is 2.34. The Balaban J connectivity index is 1.86. The average Bonchev–Trinajstić information content (AvgIpc) is 3.12. The summed E-state index contributed by atoms with van der Waals surface area (Å²) in [5.74, 6) is -0.642. The van der Waals surface area contributed by atoms with Gasteiger partial charge in [-0.15, -0.1) is 11.3 Å². The van der Waals surface area contributed by atoms with Crippen LogP contribution in [-0.2, 0) is 19.5 Å². The molecule has 1 aromatic carbocycles. The fraction of sp³-hybridized carbons (Fsp3) is 0.353. The molecule has 0 spiro atoms. The molecule has 0 aliphatic carbocycles. The van der Waals surface area contributed by atoms with Crippen LogP contribution in [0.15, 0.2) is 40.6 Å². The molecule has 8 heteroatoms. The first-order valence-electron chi connectivity index (χ1n) is 7.77. The third-order valence-electron chi connectivity index (χ3n) is 4.10. The second-order valence-electron chi connectivity index (χ2n) is 5.74. The Bertz CT molecular complexity index is 857. The van der Waals surface area contributed by atoms with Gasteiger partial charge in [0.25, 0.3) is 0 Å². The number of nitrogens with zero attached hydrogens (tertiary/aromatic N) is 1. The van der Waals surface area contributed by atoms with Crippen molar-refractivity contribution in [1.29, 1.82) is 0 Å². The summed E-state index contributed by atoms with van der Waals surface area (Å²) in [6.45, 7) is 2.76. The molecule has 25 heavy (non-hydrogen) atoms. The molecule has 0 radical (unpaired) electrons. The van der Waals surface area contributed by atoms with E-state index < -0.39 is 16.0 Å². The van der Waals surface area contributed by atoms with Crippen LogP contribution < -0.4 is 0 Å². The van der Waals surface area contributed by atoms with Crippen molar-refractivity contribution < 1.29 is 22.7 Å². The van der Waals surface area contributed by atoms with Crippen molar-refractivity contribution in [3.05, 3.63) is 51.7 Å². The van der Waals surface area contributed by atoms with Crippen LogP contribution in [0.25, 0.3) is 0 Å². The second-order valence-corrected chi connectivity index (χ2v) is 8.56. The Labute approximate surface area is 151 Å². The summed E-state index contributed by atoms with van der Waals surface area (Å²) in [6.07, 6.45) is -0.329. The Morgan fingerprint density at radius 2 is 2.00 bits per heavy atom. The van der Waals surface area contributed by atoms with E-state index in [0.29, 0.717) is 6.61 Å². The molecular weight excluding hydrogens is 362 g/mol. The minimum Gasteiger partial charge on any atom is -0.465 e. The Kier molecular flexibility index (Phi) is 5.24. The van der Waals surface area contributed by atoms with Crippen LogP contribution in [0.5, 0.6) is 0 Å². The largest absolute Gasteiger partial charge is 0.465 e. The molecule has 2 aromatic rings. The first-order chi connectivity index (χ1) is 11.9. The molecule has 2 heterocycles. The molecule has 0 saturated carbocycles. The smallest absolute Gasteiger partial charge is 0.349 e. The van der Waals surface area contributed by atoms with Crippen LogP contribution in [-0.4, -0.2) is 45.5 Å². The van der Waals surface area contributed by atoms with Gasteiger partial charge in [0, 0.05) is 13.1 Å². The van der Waals surface area contributed by atoms with E-state index in [1.165, 1.54) is 17.5 Å². The van der Waals surface area contributed by atoms with Crippen molar-refractivity contribution in [2.24, 2.45) is 0 Å². The number of rotatable bonds is 4. The van der Waals surface area contributed by atoms with Crippen LogP contribution in [0.4, 0.5) is 0 Å². The van der Waals surface area contributed by atoms with Crippen LogP contribution in [0.1, 0.15) is 26.9 Å². The number of sulfonamides is 1.